The molecule has 0 bridgehead atoms. The standard InChI is InChI=1S/C18H15ClN2/c1-12-4-3-5-14(8-12)11-21-17-7-6-13(2)9-15(17)16(10-20)18(21)19/h3-9H,11H2,1-2H3. The third-order valence-corrected chi connectivity index (χ3v) is 4.08. The Morgan fingerprint density at radius 3 is 2.57 bits per heavy atom. The van der Waals surface area contributed by atoms with E-state index in [4.69, 9.17) is 11.6 Å². The molecule has 0 fully saturated rings. The molecule has 0 aliphatic carbocycles. The van der Waals surface area contributed by atoms with Crippen molar-refractivity contribution in [1.82, 2.24) is 4.57 Å². The quantitative estimate of drug-likeness (QED) is 0.665. The monoisotopic (exact) mass is 294 g/mol. The van der Waals surface area contributed by atoms with Crippen molar-refractivity contribution in [3.63, 3.8) is 0 Å². The van der Waals surface area contributed by atoms with Gasteiger partial charge in [-0.15, -0.1) is 0 Å². The number of fused-ring (bicyclic) bond motifs is 1. The van der Waals surface area contributed by atoms with E-state index in [9.17, 15) is 5.26 Å². The second kappa shape index (κ2) is 5.27. The predicted octanol–water partition coefficient (Wildman–Crippen LogP) is 4.83. The van der Waals surface area contributed by atoms with Crippen LogP contribution in [-0.4, -0.2) is 4.57 Å². The van der Waals surface area contributed by atoms with Crippen molar-refractivity contribution >= 4 is 22.5 Å². The average Bonchev–Trinajstić information content (AvgIpc) is 2.70. The van der Waals surface area contributed by atoms with Crippen LogP contribution in [0, 0.1) is 25.2 Å². The normalized spacial score (nSPS) is 10.8. The van der Waals surface area contributed by atoms with E-state index in [1.165, 1.54) is 11.1 Å². The summed E-state index contributed by atoms with van der Waals surface area (Å²) in [7, 11) is 0. The molecule has 21 heavy (non-hydrogen) atoms. The molecule has 1 aromatic heterocycles. The lowest BCUT2D eigenvalue weighted by atomic mass is 10.1. The van der Waals surface area contributed by atoms with E-state index in [-0.39, 0.29) is 0 Å². The number of aryl methyl sites for hydroxylation is 2. The number of nitriles is 1. The van der Waals surface area contributed by atoms with Crippen molar-refractivity contribution in [2.75, 3.05) is 0 Å². The van der Waals surface area contributed by atoms with Crippen LogP contribution in [0.15, 0.2) is 42.5 Å². The van der Waals surface area contributed by atoms with Gasteiger partial charge in [0.1, 0.15) is 11.2 Å². The maximum Gasteiger partial charge on any atom is 0.128 e. The average molecular weight is 295 g/mol. The molecular formula is C18H15ClN2. The van der Waals surface area contributed by atoms with E-state index in [1.807, 2.05) is 35.8 Å². The van der Waals surface area contributed by atoms with Gasteiger partial charge in [-0.2, -0.15) is 5.26 Å². The number of aromatic nitrogens is 1. The van der Waals surface area contributed by atoms with Gasteiger partial charge >= 0.3 is 0 Å². The van der Waals surface area contributed by atoms with Crippen LogP contribution in [0.2, 0.25) is 5.15 Å². The van der Waals surface area contributed by atoms with Gasteiger partial charge in [0.15, 0.2) is 0 Å². The van der Waals surface area contributed by atoms with Crippen LogP contribution < -0.4 is 0 Å². The second-order valence-corrected chi connectivity index (χ2v) is 5.73. The molecule has 2 aromatic carbocycles. The molecule has 0 amide bonds. The Balaban J connectivity index is 2.19. The molecule has 3 aromatic rings. The van der Waals surface area contributed by atoms with Crippen LogP contribution in [0.1, 0.15) is 22.3 Å². The summed E-state index contributed by atoms with van der Waals surface area (Å²) < 4.78 is 2.00. The summed E-state index contributed by atoms with van der Waals surface area (Å²) in [4.78, 5) is 0. The van der Waals surface area contributed by atoms with Crippen molar-refractivity contribution in [1.29, 1.82) is 5.26 Å². The number of benzene rings is 2. The summed E-state index contributed by atoms with van der Waals surface area (Å²) in [6.45, 7) is 4.76. The second-order valence-electron chi connectivity index (χ2n) is 5.37. The molecule has 0 spiro atoms. The maximum atomic E-state index is 9.38. The number of hydrogen-bond acceptors (Lipinski definition) is 1. The molecule has 0 saturated heterocycles. The van der Waals surface area contributed by atoms with Gasteiger partial charge in [0.2, 0.25) is 0 Å². The first kappa shape index (κ1) is 13.7. The molecule has 3 heteroatoms. The lowest BCUT2D eigenvalue weighted by molar-refractivity contribution is 0.835. The summed E-state index contributed by atoms with van der Waals surface area (Å²) >= 11 is 6.43. The van der Waals surface area contributed by atoms with Crippen LogP contribution >= 0.6 is 11.6 Å². The zero-order chi connectivity index (χ0) is 15.0. The van der Waals surface area contributed by atoms with E-state index in [2.05, 4.69) is 31.2 Å². The maximum absolute atomic E-state index is 9.38. The first-order chi connectivity index (χ1) is 10.1. The van der Waals surface area contributed by atoms with Gasteiger partial charge in [0.05, 0.1) is 11.1 Å². The highest BCUT2D eigenvalue weighted by atomic mass is 35.5. The van der Waals surface area contributed by atoms with Crippen LogP contribution in [0.5, 0.6) is 0 Å². The summed E-state index contributed by atoms with van der Waals surface area (Å²) in [5.74, 6) is 0. The van der Waals surface area contributed by atoms with Crippen molar-refractivity contribution in [3.05, 3.63) is 69.9 Å². The summed E-state index contributed by atoms with van der Waals surface area (Å²) in [6.07, 6.45) is 0. The van der Waals surface area contributed by atoms with E-state index >= 15 is 0 Å². The van der Waals surface area contributed by atoms with Gasteiger partial charge in [-0.05, 0) is 31.5 Å². The van der Waals surface area contributed by atoms with Crippen LogP contribution in [0.4, 0.5) is 0 Å². The zero-order valence-electron chi connectivity index (χ0n) is 12.0. The molecule has 3 rings (SSSR count). The minimum Gasteiger partial charge on any atom is -0.326 e. The van der Waals surface area contributed by atoms with Gasteiger partial charge in [-0.1, -0.05) is 53.1 Å². The Kier molecular flexibility index (Phi) is 3.45. The van der Waals surface area contributed by atoms with Gasteiger partial charge in [0, 0.05) is 11.9 Å². The molecule has 0 N–H and O–H groups in total. The molecule has 0 aliphatic heterocycles. The number of halogens is 1. The zero-order valence-corrected chi connectivity index (χ0v) is 12.8. The van der Waals surface area contributed by atoms with Gasteiger partial charge < -0.3 is 4.57 Å². The fraction of sp³-hybridized carbons (Fsp3) is 0.167. The smallest absolute Gasteiger partial charge is 0.128 e. The Morgan fingerprint density at radius 1 is 1.10 bits per heavy atom. The Bertz CT molecular complexity index is 869. The Hall–Kier alpha value is -2.24. The highest BCUT2D eigenvalue weighted by molar-refractivity contribution is 6.32. The topological polar surface area (TPSA) is 28.7 Å². The van der Waals surface area contributed by atoms with Crippen LogP contribution in [-0.2, 0) is 6.54 Å². The van der Waals surface area contributed by atoms with Crippen molar-refractivity contribution < 1.29 is 0 Å². The molecule has 0 aliphatic rings. The van der Waals surface area contributed by atoms with Crippen LogP contribution in [0.25, 0.3) is 10.9 Å². The van der Waals surface area contributed by atoms with Gasteiger partial charge in [-0.25, -0.2) is 0 Å². The number of rotatable bonds is 2. The van der Waals surface area contributed by atoms with Crippen molar-refractivity contribution in [3.8, 4) is 6.07 Å². The SMILES string of the molecule is Cc1cccc(Cn2c(Cl)c(C#N)c3cc(C)ccc32)c1. The predicted molar refractivity (Wildman–Crippen MR) is 86.7 cm³/mol. The Labute approximate surface area is 129 Å². The molecule has 1 heterocycles. The van der Waals surface area contributed by atoms with Gasteiger partial charge in [0.25, 0.3) is 0 Å². The van der Waals surface area contributed by atoms with Crippen LogP contribution in [0.3, 0.4) is 0 Å². The minimum atomic E-state index is 0.514. The van der Waals surface area contributed by atoms with E-state index in [0.717, 1.165) is 16.5 Å². The summed E-state index contributed by atoms with van der Waals surface area (Å²) in [6, 6.07) is 16.7. The molecular weight excluding hydrogens is 280 g/mol. The van der Waals surface area contributed by atoms with E-state index in [1.54, 1.807) is 0 Å². The van der Waals surface area contributed by atoms with Gasteiger partial charge in [-0.3, -0.25) is 0 Å². The van der Waals surface area contributed by atoms with Crippen molar-refractivity contribution in [2.24, 2.45) is 0 Å². The summed E-state index contributed by atoms with van der Waals surface area (Å²) in [5, 5.41) is 10.8. The molecule has 0 saturated carbocycles. The fourth-order valence-electron chi connectivity index (χ4n) is 2.69. The minimum absolute atomic E-state index is 0.514. The number of hydrogen-bond donors (Lipinski definition) is 0. The molecule has 0 unspecified atom stereocenters. The number of nitrogens with zero attached hydrogens (tertiary/aromatic N) is 2. The first-order valence-electron chi connectivity index (χ1n) is 6.84. The lowest BCUT2D eigenvalue weighted by Gasteiger charge is -2.08. The summed E-state index contributed by atoms with van der Waals surface area (Å²) in [5.41, 5.74) is 5.09. The Morgan fingerprint density at radius 2 is 1.86 bits per heavy atom. The fourth-order valence-corrected chi connectivity index (χ4v) is 2.99. The molecule has 0 radical (unpaired) electrons. The molecule has 0 atom stereocenters. The third-order valence-electron chi connectivity index (χ3n) is 3.69. The largest absolute Gasteiger partial charge is 0.326 e. The first-order valence-corrected chi connectivity index (χ1v) is 7.22. The van der Waals surface area contributed by atoms with E-state index < -0.39 is 0 Å². The van der Waals surface area contributed by atoms with Crippen molar-refractivity contribution in [2.45, 2.75) is 20.4 Å². The third kappa shape index (κ3) is 2.41. The lowest BCUT2D eigenvalue weighted by Crippen LogP contribution is -2.00. The highest BCUT2D eigenvalue weighted by Crippen LogP contribution is 2.31. The highest BCUT2D eigenvalue weighted by Gasteiger charge is 2.15. The molecule has 104 valence electrons. The molecule has 2 nitrogen and oxygen atoms in total. The van der Waals surface area contributed by atoms with E-state index in [0.29, 0.717) is 17.3 Å².